The van der Waals surface area contributed by atoms with Crippen LogP contribution in [0.15, 0.2) is 30.5 Å². The van der Waals surface area contributed by atoms with Gasteiger partial charge in [0.25, 0.3) is 0 Å². The lowest BCUT2D eigenvalue weighted by Crippen LogP contribution is -2.33. The van der Waals surface area contributed by atoms with E-state index in [0.717, 1.165) is 31.6 Å². The fourth-order valence-electron chi connectivity index (χ4n) is 5.38. The first kappa shape index (κ1) is 29.4. The van der Waals surface area contributed by atoms with Gasteiger partial charge in [-0.25, -0.2) is 9.37 Å². The van der Waals surface area contributed by atoms with Crippen molar-refractivity contribution in [2.45, 2.75) is 51.5 Å². The van der Waals surface area contributed by atoms with Crippen LogP contribution in [0, 0.1) is 11.7 Å². The van der Waals surface area contributed by atoms with Gasteiger partial charge < -0.3 is 15.3 Å². The lowest BCUT2D eigenvalue weighted by molar-refractivity contribution is 0.101. The maximum absolute atomic E-state index is 14.1. The second-order valence-corrected chi connectivity index (χ2v) is 10.2. The number of carbonyl (C=O) groups is 1. The van der Waals surface area contributed by atoms with Crippen molar-refractivity contribution in [2.24, 2.45) is 5.92 Å². The third-order valence-electron chi connectivity index (χ3n) is 7.32. The molecule has 3 aromatic rings. The van der Waals surface area contributed by atoms with Gasteiger partial charge in [0.1, 0.15) is 5.52 Å². The molecule has 6 nitrogen and oxygen atoms in total. The number of likely N-dealkylation sites (tertiary alicyclic amines) is 1. The summed E-state index contributed by atoms with van der Waals surface area (Å²) in [6.45, 7) is 5.18. The van der Waals surface area contributed by atoms with E-state index in [1.54, 1.807) is 18.3 Å². The number of Topliss-reactive ketones (excluding diaryl/α,β-unsaturated/α-hetero) is 1. The molecule has 0 spiro atoms. The third-order valence-corrected chi connectivity index (χ3v) is 7.60. The van der Waals surface area contributed by atoms with E-state index in [1.165, 1.54) is 51.5 Å². The number of nitrogens with zero attached hydrogens (tertiary/aromatic N) is 3. The Morgan fingerprint density at radius 3 is 2.51 bits per heavy atom. The first-order valence-electron chi connectivity index (χ1n) is 12.4. The minimum atomic E-state index is -0.811. The summed E-state index contributed by atoms with van der Waals surface area (Å²) in [4.78, 5) is 24.3. The molecule has 200 valence electrons. The molecule has 1 aliphatic heterocycles. The second kappa shape index (κ2) is 12.6. The Morgan fingerprint density at radius 1 is 1.16 bits per heavy atom. The van der Waals surface area contributed by atoms with Crippen LogP contribution in [0.3, 0.4) is 0 Å². The van der Waals surface area contributed by atoms with E-state index in [4.69, 9.17) is 16.6 Å². The van der Waals surface area contributed by atoms with Crippen molar-refractivity contribution in [3.8, 4) is 17.0 Å². The smallest absolute Gasteiger partial charge is 0.170 e. The SMILES string of the molecule is CC(=O)c1cnc2ccc(-c3cc(F)c(O)c(Cl)c3)nc2c1N[C@H]1CC[C@H](CN2CCCC2)CC1.Cl.Cl. The van der Waals surface area contributed by atoms with Gasteiger partial charge in [-0.15, -0.1) is 24.8 Å². The normalized spacial score (nSPS) is 19.8. The average Bonchev–Trinajstić information content (AvgIpc) is 3.36. The molecule has 2 aromatic heterocycles. The number of carbonyl (C=O) groups excluding carboxylic acids is 1. The van der Waals surface area contributed by atoms with Crippen LogP contribution >= 0.6 is 36.4 Å². The number of benzene rings is 1. The van der Waals surface area contributed by atoms with Crippen LogP contribution in [-0.4, -0.2) is 51.4 Å². The number of hydrogen-bond acceptors (Lipinski definition) is 6. The number of halogens is 4. The van der Waals surface area contributed by atoms with E-state index >= 15 is 0 Å². The van der Waals surface area contributed by atoms with Crippen molar-refractivity contribution in [3.63, 3.8) is 0 Å². The topological polar surface area (TPSA) is 78.3 Å². The van der Waals surface area contributed by atoms with Crippen LogP contribution < -0.4 is 5.32 Å². The summed E-state index contributed by atoms with van der Waals surface area (Å²) in [5, 5.41) is 13.2. The van der Waals surface area contributed by atoms with E-state index in [1.807, 2.05) is 0 Å². The summed E-state index contributed by atoms with van der Waals surface area (Å²) in [5.41, 5.74) is 3.31. The highest BCUT2D eigenvalue weighted by Gasteiger charge is 2.26. The maximum Gasteiger partial charge on any atom is 0.170 e. The molecule has 10 heteroatoms. The highest BCUT2D eigenvalue weighted by molar-refractivity contribution is 6.32. The molecule has 37 heavy (non-hydrogen) atoms. The summed E-state index contributed by atoms with van der Waals surface area (Å²) in [7, 11) is 0. The average molecular weight is 570 g/mol. The van der Waals surface area contributed by atoms with Gasteiger partial charge in [-0.2, -0.15) is 0 Å². The van der Waals surface area contributed by atoms with Gasteiger partial charge in [0.15, 0.2) is 17.3 Å². The van der Waals surface area contributed by atoms with E-state index in [0.29, 0.717) is 33.5 Å². The predicted octanol–water partition coefficient (Wildman–Crippen LogP) is 6.91. The minimum Gasteiger partial charge on any atom is -0.504 e. The number of aromatic hydroxyl groups is 1. The number of nitrogens with one attached hydrogen (secondary N) is 1. The van der Waals surface area contributed by atoms with Crippen LogP contribution in [0.2, 0.25) is 5.02 Å². The summed E-state index contributed by atoms with van der Waals surface area (Å²) >= 11 is 5.99. The zero-order valence-corrected chi connectivity index (χ0v) is 23.1. The molecule has 1 aliphatic carbocycles. The van der Waals surface area contributed by atoms with Crippen LogP contribution in [0.1, 0.15) is 55.8 Å². The Kier molecular flexibility index (Phi) is 9.98. The molecule has 2 aliphatic rings. The van der Waals surface area contributed by atoms with Crippen LogP contribution in [0.4, 0.5) is 10.1 Å². The molecule has 0 unspecified atom stereocenters. The molecule has 1 aromatic carbocycles. The molecular weight excluding hydrogens is 538 g/mol. The first-order chi connectivity index (χ1) is 16.9. The Balaban J connectivity index is 0.00000190. The molecule has 3 heterocycles. The molecule has 0 bridgehead atoms. The van der Waals surface area contributed by atoms with Gasteiger partial charge >= 0.3 is 0 Å². The van der Waals surface area contributed by atoms with Crippen molar-refractivity contribution in [2.75, 3.05) is 25.0 Å². The molecule has 5 rings (SSSR count). The Bertz CT molecular complexity index is 1240. The Labute approximate surface area is 233 Å². The van der Waals surface area contributed by atoms with E-state index < -0.39 is 11.6 Å². The zero-order valence-electron chi connectivity index (χ0n) is 20.7. The Hall–Kier alpha value is -2.19. The molecule has 1 saturated carbocycles. The number of hydrogen-bond donors (Lipinski definition) is 2. The monoisotopic (exact) mass is 568 g/mol. The van der Waals surface area contributed by atoms with Gasteiger partial charge in [0.05, 0.1) is 27.5 Å². The van der Waals surface area contributed by atoms with Gasteiger partial charge in [-0.3, -0.25) is 9.78 Å². The minimum absolute atomic E-state index is 0. The van der Waals surface area contributed by atoms with E-state index in [-0.39, 0.29) is 41.7 Å². The number of phenols is 1. The molecule has 0 atom stereocenters. The number of ketones is 1. The van der Waals surface area contributed by atoms with Crippen LogP contribution in [-0.2, 0) is 0 Å². The predicted molar refractivity (Wildman–Crippen MR) is 151 cm³/mol. The number of rotatable bonds is 6. The van der Waals surface area contributed by atoms with Crippen LogP contribution in [0.5, 0.6) is 5.75 Å². The molecule has 1 saturated heterocycles. The lowest BCUT2D eigenvalue weighted by Gasteiger charge is -2.32. The maximum atomic E-state index is 14.1. The quantitative estimate of drug-likeness (QED) is 0.314. The first-order valence-corrected chi connectivity index (χ1v) is 12.7. The third kappa shape index (κ3) is 6.45. The largest absolute Gasteiger partial charge is 0.504 e. The summed E-state index contributed by atoms with van der Waals surface area (Å²) in [6, 6.07) is 6.47. The summed E-state index contributed by atoms with van der Waals surface area (Å²) in [6.07, 6.45) is 8.64. The fourth-order valence-corrected chi connectivity index (χ4v) is 5.59. The number of aromatic nitrogens is 2. The molecule has 0 radical (unpaired) electrons. The fraction of sp³-hybridized carbons (Fsp3) is 0.444. The number of phenolic OH excluding ortho intramolecular Hbond substituents is 1. The molecule has 2 N–H and O–H groups in total. The number of pyridine rings is 2. The molecule has 2 fully saturated rings. The van der Waals surface area contributed by atoms with Crippen molar-refractivity contribution in [3.05, 3.63) is 46.9 Å². The molecular formula is C27H32Cl3FN4O2. The standard InChI is InChI=1S/C27H30ClFN4O2.2ClH/c1-16(34)20-14-30-24-9-8-23(18-12-21(28)27(35)22(29)13-18)32-26(24)25(20)31-19-6-4-17(5-7-19)15-33-10-2-3-11-33;;/h8-9,12-14,17,19,35H,2-7,10-11,15H2,1H3,(H,30,31);2*1H/t17-,19-;;. The van der Waals surface area contributed by atoms with Gasteiger partial charge in [0.2, 0.25) is 0 Å². The van der Waals surface area contributed by atoms with E-state index in [9.17, 15) is 14.3 Å². The van der Waals surface area contributed by atoms with Crippen molar-refractivity contribution < 1.29 is 14.3 Å². The zero-order chi connectivity index (χ0) is 24.5. The van der Waals surface area contributed by atoms with E-state index in [2.05, 4.69) is 15.2 Å². The molecule has 0 amide bonds. The van der Waals surface area contributed by atoms with Crippen molar-refractivity contribution in [1.29, 1.82) is 0 Å². The number of anilines is 1. The Morgan fingerprint density at radius 2 is 1.86 bits per heavy atom. The summed E-state index contributed by atoms with van der Waals surface area (Å²) in [5.74, 6) is -0.754. The van der Waals surface area contributed by atoms with Crippen molar-refractivity contribution >= 4 is 58.9 Å². The van der Waals surface area contributed by atoms with Gasteiger partial charge in [-0.05, 0) is 88.7 Å². The second-order valence-electron chi connectivity index (χ2n) is 9.83. The van der Waals surface area contributed by atoms with Gasteiger partial charge in [-0.1, -0.05) is 11.6 Å². The highest BCUT2D eigenvalue weighted by Crippen LogP contribution is 2.35. The van der Waals surface area contributed by atoms with Crippen molar-refractivity contribution in [1.82, 2.24) is 14.9 Å². The van der Waals surface area contributed by atoms with Gasteiger partial charge in [0, 0.05) is 24.3 Å². The van der Waals surface area contributed by atoms with Crippen LogP contribution in [0.25, 0.3) is 22.3 Å². The lowest BCUT2D eigenvalue weighted by atomic mass is 9.85. The summed E-state index contributed by atoms with van der Waals surface area (Å²) < 4.78 is 14.1. The number of fused-ring (bicyclic) bond motifs is 1. The highest BCUT2D eigenvalue weighted by atomic mass is 35.5.